The molecule has 2 aliphatic rings. The van der Waals surface area contributed by atoms with E-state index in [1.165, 1.54) is 0 Å². The minimum absolute atomic E-state index is 0.118. The lowest BCUT2D eigenvalue weighted by Crippen LogP contribution is -2.51. The largest absolute Gasteiger partial charge is 0.737 e. The number of benzene rings is 1. The van der Waals surface area contributed by atoms with Crippen LogP contribution in [0.5, 0.6) is 5.75 Å². The van der Waals surface area contributed by atoms with Crippen LogP contribution in [-0.4, -0.2) is 26.8 Å². The lowest BCUT2D eigenvalue weighted by atomic mass is 9.84. The van der Waals surface area contributed by atoms with Crippen LogP contribution in [0.25, 0.3) is 5.57 Å². The minimum atomic E-state index is -3.96. The number of aromatic hydroxyl groups is 1. The Morgan fingerprint density at radius 2 is 1.80 bits per heavy atom. The molecule has 25 heavy (non-hydrogen) atoms. The van der Waals surface area contributed by atoms with Crippen LogP contribution in [0, 0.1) is 13.8 Å². The summed E-state index contributed by atoms with van der Waals surface area (Å²) in [7, 11) is 0. The molecule has 0 atom stereocenters. The molecule has 0 amide bonds. The third-order valence-corrected chi connectivity index (χ3v) is 5.07. The van der Waals surface area contributed by atoms with Crippen molar-refractivity contribution in [2.45, 2.75) is 27.7 Å². The van der Waals surface area contributed by atoms with Gasteiger partial charge < -0.3 is 22.7 Å². The number of fused-ring (bicyclic) bond motifs is 2. The first kappa shape index (κ1) is 15.9. The molecule has 0 unspecified atom stereocenters. The monoisotopic (exact) mass is 340 g/mol. The van der Waals surface area contributed by atoms with Crippen LogP contribution in [-0.2, 0) is 0 Å². The number of nitrogens with zero attached hydrogens (tertiary/aromatic N) is 2. The van der Waals surface area contributed by atoms with Gasteiger partial charge in [0.2, 0.25) is 0 Å². The molecule has 3 nitrogen and oxygen atoms in total. The van der Waals surface area contributed by atoms with Crippen molar-refractivity contribution in [2.24, 2.45) is 0 Å². The molecule has 2 aromatic rings. The van der Waals surface area contributed by atoms with Gasteiger partial charge in [-0.2, -0.15) is 0 Å². The van der Waals surface area contributed by atoms with E-state index in [0.717, 1.165) is 31.2 Å². The molecule has 0 saturated heterocycles. The standard InChI is InChI=1S/C19H19BF2N2O/c1-11-8-13(3)23-18(11)17(15-6-5-7-16(25)10-15)19-12(2)9-14(4)24(19)20(23,21)22/h5-10,25H,1-4H3. The zero-order chi connectivity index (χ0) is 18.1. The second-order valence-electron chi connectivity index (χ2n) is 6.89. The quantitative estimate of drug-likeness (QED) is 0.773. The fourth-order valence-electron chi connectivity index (χ4n) is 4.23. The Bertz CT molecular complexity index is 1030. The first-order chi connectivity index (χ1) is 11.7. The van der Waals surface area contributed by atoms with Gasteiger partial charge in [0.15, 0.2) is 5.70 Å². The Morgan fingerprint density at radius 1 is 1.08 bits per heavy atom. The molecular formula is C19H19BF2N2O. The second kappa shape index (κ2) is 4.94. The number of halogens is 2. The van der Waals surface area contributed by atoms with Crippen LogP contribution < -0.4 is 0 Å². The highest BCUT2D eigenvalue weighted by molar-refractivity contribution is 6.58. The molecule has 4 rings (SSSR count). The highest BCUT2D eigenvalue weighted by Gasteiger charge is 2.55. The normalized spacial score (nSPS) is 18.4. The summed E-state index contributed by atoms with van der Waals surface area (Å²) in [6.45, 7) is 3.17. The topological polar surface area (TPSA) is 28.2 Å². The summed E-state index contributed by atoms with van der Waals surface area (Å²) < 4.78 is 33.2. The number of hydrogen-bond acceptors (Lipinski definition) is 1. The molecule has 0 spiro atoms. The van der Waals surface area contributed by atoms with Crippen LogP contribution in [0.15, 0.2) is 47.7 Å². The lowest BCUT2D eigenvalue weighted by molar-refractivity contribution is -0.363. The van der Waals surface area contributed by atoms with Crippen LogP contribution in [0.1, 0.15) is 36.4 Å². The fraction of sp³-hybridized carbons (Fsp3) is 0.211. The Hall–Kier alpha value is -2.63. The lowest BCUT2D eigenvalue weighted by Gasteiger charge is -2.34. The van der Waals surface area contributed by atoms with Crippen molar-refractivity contribution >= 4 is 18.3 Å². The van der Waals surface area contributed by atoms with E-state index >= 15 is 8.63 Å². The van der Waals surface area contributed by atoms with E-state index in [4.69, 9.17) is 0 Å². The Labute approximate surface area is 145 Å². The Morgan fingerprint density at radius 3 is 2.48 bits per heavy atom. The molecular weight excluding hydrogens is 321 g/mol. The molecule has 0 radical (unpaired) electrons. The third kappa shape index (κ3) is 2.00. The molecule has 1 aromatic carbocycles. The summed E-state index contributed by atoms with van der Waals surface area (Å²) in [5.74, 6) is 0.118. The Balaban J connectivity index is 2.19. The van der Waals surface area contributed by atoms with Crippen LogP contribution in [0.3, 0.4) is 0 Å². The van der Waals surface area contributed by atoms with Crippen molar-refractivity contribution < 1.29 is 18.2 Å². The van der Waals surface area contributed by atoms with Gasteiger partial charge >= 0.3 is 6.97 Å². The predicted octanol–water partition coefficient (Wildman–Crippen LogP) is 4.24. The van der Waals surface area contributed by atoms with Gasteiger partial charge in [0, 0.05) is 24.3 Å². The SMILES string of the molecule is CC1=CC(C)=[N+]2C1=C(c1cccc(O)c1)c1c(C)cc(C)n1[B-]2(F)F. The van der Waals surface area contributed by atoms with Crippen LogP contribution >= 0.6 is 0 Å². The number of allylic oxidation sites excluding steroid dienone is 2. The molecule has 0 fully saturated rings. The molecule has 0 bridgehead atoms. The third-order valence-electron chi connectivity index (χ3n) is 5.07. The van der Waals surface area contributed by atoms with Gasteiger partial charge in [-0.3, -0.25) is 0 Å². The highest BCUT2D eigenvalue weighted by Crippen LogP contribution is 2.44. The molecule has 1 aromatic heterocycles. The van der Waals surface area contributed by atoms with Crippen LogP contribution in [0.4, 0.5) is 8.63 Å². The van der Waals surface area contributed by atoms with Crippen molar-refractivity contribution in [3.8, 4) is 5.75 Å². The average molecular weight is 340 g/mol. The second-order valence-corrected chi connectivity index (χ2v) is 6.89. The maximum absolute atomic E-state index is 15.4. The van der Waals surface area contributed by atoms with Crippen molar-refractivity contribution in [3.05, 3.63) is 70.2 Å². The van der Waals surface area contributed by atoms with Crippen molar-refractivity contribution in [1.29, 1.82) is 0 Å². The van der Waals surface area contributed by atoms with E-state index < -0.39 is 6.97 Å². The smallest absolute Gasteiger partial charge is 0.508 e. The summed E-state index contributed by atoms with van der Waals surface area (Å²) in [5.41, 5.74) is 5.21. The molecule has 1 N–H and O–H groups in total. The number of aromatic nitrogens is 1. The maximum atomic E-state index is 15.4. The summed E-state index contributed by atoms with van der Waals surface area (Å²) >= 11 is 0. The molecule has 0 saturated carbocycles. The zero-order valence-electron chi connectivity index (χ0n) is 14.6. The zero-order valence-corrected chi connectivity index (χ0v) is 14.6. The number of rotatable bonds is 1. The number of phenols is 1. The number of aryl methyl sites for hydroxylation is 2. The van der Waals surface area contributed by atoms with E-state index in [1.807, 2.05) is 19.9 Å². The Kier molecular flexibility index (Phi) is 3.14. The average Bonchev–Trinajstić information content (AvgIpc) is 2.97. The summed E-state index contributed by atoms with van der Waals surface area (Å²) in [5, 5.41) is 9.92. The molecule has 0 aliphatic carbocycles. The van der Waals surface area contributed by atoms with Gasteiger partial charge in [-0.05, 0) is 55.8 Å². The van der Waals surface area contributed by atoms with E-state index in [9.17, 15) is 5.11 Å². The number of phenolic OH excluding ortho intramolecular Hbond substituents is 1. The van der Waals surface area contributed by atoms with Gasteiger partial charge in [0.05, 0.1) is 5.57 Å². The molecule has 128 valence electrons. The highest BCUT2D eigenvalue weighted by atomic mass is 19.2. The van der Waals surface area contributed by atoms with Gasteiger partial charge in [-0.25, -0.2) is 0 Å². The van der Waals surface area contributed by atoms with Crippen molar-refractivity contribution in [1.82, 2.24) is 4.48 Å². The number of hydrogen-bond donors (Lipinski definition) is 1. The van der Waals surface area contributed by atoms with E-state index in [1.54, 1.807) is 44.2 Å². The summed E-state index contributed by atoms with van der Waals surface area (Å²) in [4.78, 5) is 0. The van der Waals surface area contributed by atoms with Crippen molar-refractivity contribution in [2.75, 3.05) is 0 Å². The van der Waals surface area contributed by atoms with E-state index in [0.29, 0.717) is 22.8 Å². The molecule has 2 aliphatic heterocycles. The van der Waals surface area contributed by atoms with Gasteiger partial charge in [-0.1, -0.05) is 12.1 Å². The summed E-state index contributed by atoms with van der Waals surface area (Å²) in [6, 6.07) is 8.60. The van der Waals surface area contributed by atoms with Gasteiger partial charge in [-0.15, -0.1) is 0 Å². The molecule has 3 heterocycles. The maximum Gasteiger partial charge on any atom is 0.737 e. The van der Waals surface area contributed by atoms with Gasteiger partial charge in [0.1, 0.15) is 11.5 Å². The van der Waals surface area contributed by atoms with E-state index in [2.05, 4.69) is 0 Å². The minimum Gasteiger partial charge on any atom is -0.508 e. The summed E-state index contributed by atoms with van der Waals surface area (Å²) in [6.07, 6.45) is 1.80. The first-order valence-electron chi connectivity index (χ1n) is 8.30. The fourth-order valence-corrected chi connectivity index (χ4v) is 4.23. The van der Waals surface area contributed by atoms with Crippen LogP contribution in [0.2, 0.25) is 0 Å². The predicted molar refractivity (Wildman–Crippen MR) is 96.1 cm³/mol. The van der Waals surface area contributed by atoms with Gasteiger partial charge in [0.25, 0.3) is 0 Å². The first-order valence-corrected chi connectivity index (χ1v) is 8.30. The molecule has 6 heteroatoms. The van der Waals surface area contributed by atoms with Crippen molar-refractivity contribution in [3.63, 3.8) is 0 Å². The van der Waals surface area contributed by atoms with E-state index in [-0.39, 0.29) is 5.75 Å².